The number of rotatable bonds is 4. The molecule has 0 amide bonds. The van der Waals surface area contributed by atoms with Gasteiger partial charge >= 0.3 is 0 Å². The summed E-state index contributed by atoms with van der Waals surface area (Å²) in [4.78, 5) is 4.22. The first-order chi connectivity index (χ1) is 7.81. The van der Waals surface area contributed by atoms with Crippen molar-refractivity contribution >= 4 is 0 Å². The molecule has 0 fully saturated rings. The molecule has 0 bridgehead atoms. The topological polar surface area (TPSA) is 38.1 Å². The molecular weight excluding hydrogens is 200 g/mol. The highest BCUT2D eigenvalue weighted by molar-refractivity contribution is 5.26. The number of nitrogens with one attached hydrogen (secondary N) is 1. The number of aromatic nitrogens is 1. The Morgan fingerprint density at radius 1 is 1.44 bits per heavy atom. The van der Waals surface area contributed by atoms with Crippen molar-refractivity contribution in [1.29, 1.82) is 0 Å². The molecule has 1 unspecified atom stereocenters. The third-order valence-corrected chi connectivity index (χ3v) is 2.47. The van der Waals surface area contributed by atoms with E-state index in [-0.39, 0.29) is 6.04 Å². The molecular formula is C13H16N2O. The van der Waals surface area contributed by atoms with Gasteiger partial charge in [0.05, 0.1) is 12.3 Å². The van der Waals surface area contributed by atoms with Crippen LogP contribution in [-0.4, -0.2) is 11.5 Å². The highest BCUT2D eigenvalue weighted by Gasteiger charge is 2.15. The Balaban J connectivity index is 2.33. The predicted octanol–water partition coefficient (Wildman–Crippen LogP) is 2.68. The maximum Gasteiger partial charge on any atom is 0.125 e. The molecule has 0 radical (unpaired) electrons. The van der Waals surface area contributed by atoms with Gasteiger partial charge in [-0.2, -0.15) is 0 Å². The predicted molar refractivity (Wildman–Crippen MR) is 63.2 cm³/mol. The fourth-order valence-electron chi connectivity index (χ4n) is 1.78. The summed E-state index contributed by atoms with van der Waals surface area (Å²) in [5.41, 5.74) is 2.30. The number of furan rings is 1. The zero-order chi connectivity index (χ0) is 11.4. The van der Waals surface area contributed by atoms with Crippen LogP contribution in [0.15, 0.2) is 41.3 Å². The number of hydrogen-bond acceptors (Lipinski definition) is 3. The van der Waals surface area contributed by atoms with Crippen LogP contribution in [0.4, 0.5) is 0 Å². The Kier molecular flexibility index (Phi) is 3.37. The average molecular weight is 216 g/mol. The molecule has 0 spiro atoms. The Hall–Kier alpha value is -1.61. The Labute approximate surface area is 95.5 Å². The lowest BCUT2D eigenvalue weighted by Gasteiger charge is -2.15. The van der Waals surface area contributed by atoms with Gasteiger partial charge in [-0.1, -0.05) is 13.0 Å². The quantitative estimate of drug-likeness (QED) is 0.853. The summed E-state index contributed by atoms with van der Waals surface area (Å²) in [6.45, 7) is 5.01. The maximum atomic E-state index is 5.45. The molecule has 1 N–H and O–H groups in total. The molecule has 16 heavy (non-hydrogen) atoms. The molecule has 2 rings (SSSR count). The molecule has 0 aromatic carbocycles. The van der Waals surface area contributed by atoms with Gasteiger partial charge in [0.2, 0.25) is 0 Å². The van der Waals surface area contributed by atoms with Crippen molar-refractivity contribution < 1.29 is 4.42 Å². The van der Waals surface area contributed by atoms with E-state index >= 15 is 0 Å². The van der Waals surface area contributed by atoms with E-state index in [1.54, 1.807) is 6.26 Å². The number of pyridine rings is 1. The second-order valence-electron chi connectivity index (χ2n) is 3.80. The summed E-state index contributed by atoms with van der Waals surface area (Å²) >= 11 is 0. The summed E-state index contributed by atoms with van der Waals surface area (Å²) < 4.78 is 5.45. The van der Waals surface area contributed by atoms with Gasteiger partial charge in [0.15, 0.2) is 0 Å². The standard InChI is InChI=1S/C13H16N2O/c1-3-15-13(12-5-4-6-16-12)11-7-10(2)8-14-9-11/h4-9,13,15H,3H2,1-2H3. The average Bonchev–Trinajstić information content (AvgIpc) is 2.79. The lowest BCUT2D eigenvalue weighted by Crippen LogP contribution is -2.21. The van der Waals surface area contributed by atoms with E-state index in [1.807, 2.05) is 31.5 Å². The van der Waals surface area contributed by atoms with Crippen molar-refractivity contribution in [2.75, 3.05) is 6.54 Å². The van der Waals surface area contributed by atoms with Gasteiger partial charge < -0.3 is 9.73 Å². The smallest absolute Gasteiger partial charge is 0.125 e. The van der Waals surface area contributed by atoms with Gasteiger partial charge in [0.1, 0.15) is 5.76 Å². The van der Waals surface area contributed by atoms with E-state index in [0.717, 1.165) is 23.4 Å². The first-order valence-corrected chi connectivity index (χ1v) is 5.49. The van der Waals surface area contributed by atoms with Crippen LogP contribution < -0.4 is 5.32 Å². The maximum absolute atomic E-state index is 5.45. The molecule has 2 aromatic heterocycles. The van der Waals surface area contributed by atoms with Crippen molar-refractivity contribution in [2.45, 2.75) is 19.9 Å². The van der Waals surface area contributed by atoms with Crippen LogP contribution in [0, 0.1) is 6.92 Å². The van der Waals surface area contributed by atoms with Crippen LogP contribution in [0.5, 0.6) is 0 Å². The number of nitrogens with zero attached hydrogens (tertiary/aromatic N) is 1. The van der Waals surface area contributed by atoms with Crippen LogP contribution in [-0.2, 0) is 0 Å². The van der Waals surface area contributed by atoms with Crippen LogP contribution in [0.3, 0.4) is 0 Å². The fourth-order valence-corrected chi connectivity index (χ4v) is 1.78. The van der Waals surface area contributed by atoms with Crippen LogP contribution in [0.2, 0.25) is 0 Å². The molecule has 1 atom stereocenters. The van der Waals surface area contributed by atoms with E-state index in [2.05, 4.69) is 23.3 Å². The van der Waals surface area contributed by atoms with E-state index in [4.69, 9.17) is 4.42 Å². The summed E-state index contributed by atoms with van der Waals surface area (Å²) in [5, 5.41) is 3.39. The molecule has 0 aliphatic rings. The number of aryl methyl sites for hydroxylation is 1. The van der Waals surface area contributed by atoms with Crippen molar-refractivity contribution in [1.82, 2.24) is 10.3 Å². The van der Waals surface area contributed by atoms with Gasteiger partial charge in [-0.3, -0.25) is 4.98 Å². The van der Waals surface area contributed by atoms with Gasteiger partial charge in [0, 0.05) is 12.4 Å². The SMILES string of the molecule is CCNC(c1cncc(C)c1)c1ccco1. The van der Waals surface area contributed by atoms with Crippen LogP contribution >= 0.6 is 0 Å². The molecule has 0 saturated heterocycles. The van der Waals surface area contributed by atoms with Gasteiger partial charge in [-0.15, -0.1) is 0 Å². The molecule has 0 aliphatic heterocycles. The molecule has 2 aromatic rings. The second kappa shape index (κ2) is 4.94. The van der Waals surface area contributed by atoms with Crippen molar-refractivity contribution in [3.63, 3.8) is 0 Å². The van der Waals surface area contributed by atoms with Crippen molar-refractivity contribution in [3.8, 4) is 0 Å². The minimum atomic E-state index is 0.0902. The normalized spacial score (nSPS) is 12.6. The second-order valence-corrected chi connectivity index (χ2v) is 3.80. The largest absolute Gasteiger partial charge is 0.467 e. The van der Waals surface area contributed by atoms with Crippen LogP contribution in [0.1, 0.15) is 29.9 Å². The molecule has 0 saturated carbocycles. The number of hydrogen-bond donors (Lipinski definition) is 1. The van der Waals surface area contributed by atoms with E-state index < -0.39 is 0 Å². The first-order valence-electron chi connectivity index (χ1n) is 5.49. The zero-order valence-corrected chi connectivity index (χ0v) is 9.60. The highest BCUT2D eigenvalue weighted by atomic mass is 16.3. The van der Waals surface area contributed by atoms with E-state index in [9.17, 15) is 0 Å². The Morgan fingerprint density at radius 2 is 2.31 bits per heavy atom. The van der Waals surface area contributed by atoms with Gasteiger partial charge in [-0.05, 0) is 36.7 Å². The van der Waals surface area contributed by atoms with Gasteiger partial charge in [-0.25, -0.2) is 0 Å². The van der Waals surface area contributed by atoms with Crippen LogP contribution in [0.25, 0.3) is 0 Å². The Morgan fingerprint density at radius 3 is 2.94 bits per heavy atom. The lowest BCUT2D eigenvalue weighted by molar-refractivity contribution is 0.451. The molecule has 2 heterocycles. The van der Waals surface area contributed by atoms with E-state index in [0.29, 0.717) is 0 Å². The minimum Gasteiger partial charge on any atom is -0.467 e. The molecule has 3 heteroatoms. The van der Waals surface area contributed by atoms with E-state index in [1.165, 1.54) is 0 Å². The zero-order valence-electron chi connectivity index (χ0n) is 9.60. The van der Waals surface area contributed by atoms with Crippen molar-refractivity contribution in [2.24, 2.45) is 0 Å². The summed E-state index contributed by atoms with van der Waals surface area (Å²) in [7, 11) is 0. The third-order valence-electron chi connectivity index (χ3n) is 2.47. The third kappa shape index (κ3) is 2.31. The summed E-state index contributed by atoms with van der Waals surface area (Å²) in [6.07, 6.45) is 5.43. The monoisotopic (exact) mass is 216 g/mol. The minimum absolute atomic E-state index is 0.0902. The van der Waals surface area contributed by atoms with Gasteiger partial charge in [0.25, 0.3) is 0 Å². The molecule has 3 nitrogen and oxygen atoms in total. The highest BCUT2D eigenvalue weighted by Crippen LogP contribution is 2.22. The molecule has 0 aliphatic carbocycles. The fraction of sp³-hybridized carbons (Fsp3) is 0.308. The Bertz CT molecular complexity index is 437. The first kappa shape index (κ1) is 10.9. The lowest BCUT2D eigenvalue weighted by atomic mass is 10.1. The molecule has 84 valence electrons. The summed E-state index contributed by atoms with van der Waals surface area (Å²) in [6, 6.07) is 6.11. The van der Waals surface area contributed by atoms with Crippen molar-refractivity contribution in [3.05, 3.63) is 53.7 Å². The summed E-state index contributed by atoms with van der Waals surface area (Å²) in [5.74, 6) is 0.925.